The van der Waals surface area contributed by atoms with Crippen molar-refractivity contribution in [1.29, 1.82) is 0 Å². The monoisotopic (exact) mass is 288 g/mol. The van der Waals surface area contributed by atoms with Gasteiger partial charge in [0.15, 0.2) is 0 Å². The van der Waals surface area contributed by atoms with Crippen molar-refractivity contribution >= 4 is 17.7 Å². The Morgan fingerprint density at radius 3 is 2.53 bits per heavy atom. The van der Waals surface area contributed by atoms with E-state index < -0.39 is 6.10 Å². The third-order valence-electron chi connectivity index (χ3n) is 3.09. The van der Waals surface area contributed by atoms with Crippen molar-refractivity contribution in [1.82, 2.24) is 10.2 Å². The number of hydrogen-bond acceptors (Lipinski definition) is 4. The second kappa shape index (κ2) is 8.12. The molecule has 4 nitrogen and oxygen atoms in total. The van der Waals surface area contributed by atoms with Crippen LogP contribution in [0.25, 0.3) is 0 Å². The molecule has 0 unspecified atom stereocenters. The van der Waals surface area contributed by atoms with E-state index in [2.05, 4.69) is 31.0 Å². The minimum Gasteiger partial charge on any atom is -0.390 e. The van der Waals surface area contributed by atoms with Gasteiger partial charge in [-0.25, -0.2) is 0 Å². The van der Waals surface area contributed by atoms with Crippen LogP contribution in [0.15, 0.2) is 0 Å². The first-order chi connectivity index (χ1) is 8.87. The summed E-state index contributed by atoms with van der Waals surface area (Å²) in [5.41, 5.74) is 0. The van der Waals surface area contributed by atoms with Crippen molar-refractivity contribution < 1.29 is 9.90 Å². The van der Waals surface area contributed by atoms with E-state index in [1.807, 2.05) is 0 Å². The Labute approximate surface area is 121 Å². The van der Waals surface area contributed by atoms with Crippen LogP contribution in [0.5, 0.6) is 0 Å². The van der Waals surface area contributed by atoms with E-state index in [0.717, 1.165) is 13.1 Å². The number of carbonyl (C=O) groups excluding carboxylic acids is 1. The first-order valence-electron chi connectivity index (χ1n) is 7.18. The van der Waals surface area contributed by atoms with Crippen molar-refractivity contribution in [2.75, 3.05) is 31.9 Å². The molecule has 0 saturated carbocycles. The van der Waals surface area contributed by atoms with Gasteiger partial charge in [0.2, 0.25) is 5.91 Å². The average molecular weight is 288 g/mol. The van der Waals surface area contributed by atoms with Crippen LogP contribution in [-0.4, -0.2) is 58.7 Å². The lowest BCUT2D eigenvalue weighted by molar-refractivity contribution is -0.119. The summed E-state index contributed by atoms with van der Waals surface area (Å²) >= 11 is 1.62. The zero-order valence-corrected chi connectivity index (χ0v) is 13.3. The van der Waals surface area contributed by atoms with Gasteiger partial charge in [-0.1, -0.05) is 27.2 Å². The van der Waals surface area contributed by atoms with E-state index in [9.17, 15) is 9.90 Å². The zero-order chi connectivity index (χ0) is 14.3. The molecule has 1 atom stereocenters. The molecule has 112 valence electrons. The van der Waals surface area contributed by atoms with Gasteiger partial charge in [0.1, 0.15) is 0 Å². The largest absolute Gasteiger partial charge is 0.390 e. The molecule has 0 radical (unpaired) electrons. The summed E-state index contributed by atoms with van der Waals surface area (Å²) < 4.78 is 0.101. The lowest BCUT2D eigenvalue weighted by Crippen LogP contribution is -2.42. The number of likely N-dealkylation sites (tertiary alicyclic amines) is 1. The van der Waals surface area contributed by atoms with Gasteiger partial charge in [-0.15, -0.1) is 11.8 Å². The number of aliphatic hydroxyl groups excluding tert-OH is 1. The number of thioether (sulfide) groups is 1. The van der Waals surface area contributed by atoms with Gasteiger partial charge in [-0.05, 0) is 25.9 Å². The Morgan fingerprint density at radius 2 is 1.95 bits per heavy atom. The van der Waals surface area contributed by atoms with Crippen LogP contribution in [0.1, 0.15) is 40.0 Å². The Balaban J connectivity index is 2.11. The van der Waals surface area contributed by atoms with Crippen molar-refractivity contribution in [2.45, 2.75) is 50.9 Å². The molecule has 0 aromatic heterocycles. The molecule has 2 N–H and O–H groups in total. The van der Waals surface area contributed by atoms with Gasteiger partial charge in [0, 0.05) is 17.8 Å². The molecule has 0 aliphatic carbocycles. The van der Waals surface area contributed by atoms with Crippen molar-refractivity contribution in [2.24, 2.45) is 0 Å². The predicted molar refractivity (Wildman–Crippen MR) is 81.5 cm³/mol. The van der Waals surface area contributed by atoms with Gasteiger partial charge >= 0.3 is 0 Å². The maximum atomic E-state index is 11.6. The lowest BCUT2D eigenvalue weighted by Gasteiger charge is -2.28. The van der Waals surface area contributed by atoms with Crippen LogP contribution in [-0.2, 0) is 4.79 Å². The first-order valence-corrected chi connectivity index (χ1v) is 8.16. The van der Waals surface area contributed by atoms with Crippen molar-refractivity contribution in [3.63, 3.8) is 0 Å². The highest BCUT2D eigenvalue weighted by atomic mass is 32.2. The molecule has 1 amide bonds. The van der Waals surface area contributed by atoms with E-state index >= 15 is 0 Å². The molecule has 1 saturated heterocycles. The fraction of sp³-hybridized carbons (Fsp3) is 0.929. The summed E-state index contributed by atoms with van der Waals surface area (Å²) in [5, 5.41) is 12.7. The van der Waals surface area contributed by atoms with Gasteiger partial charge in [0.05, 0.1) is 11.9 Å². The fourth-order valence-corrected chi connectivity index (χ4v) is 2.74. The molecule has 0 spiro atoms. The topological polar surface area (TPSA) is 52.6 Å². The minimum absolute atomic E-state index is 0.0117. The number of hydrogen-bond donors (Lipinski definition) is 2. The van der Waals surface area contributed by atoms with Gasteiger partial charge in [0.25, 0.3) is 0 Å². The summed E-state index contributed by atoms with van der Waals surface area (Å²) in [4.78, 5) is 13.9. The number of β-amino-alcohol motifs (C(OH)–C–C–N with tert-alkyl or cyclic N) is 1. The molecule has 5 heteroatoms. The fourth-order valence-electron chi connectivity index (χ4n) is 2.07. The Kier molecular flexibility index (Phi) is 7.18. The summed E-state index contributed by atoms with van der Waals surface area (Å²) in [6.07, 6.45) is 3.29. The van der Waals surface area contributed by atoms with Crippen LogP contribution >= 0.6 is 11.8 Å². The third-order valence-corrected chi connectivity index (χ3v) is 4.36. The Morgan fingerprint density at radius 1 is 1.32 bits per heavy atom. The molecular weight excluding hydrogens is 260 g/mol. The van der Waals surface area contributed by atoms with Crippen molar-refractivity contribution in [3.05, 3.63) is 0 Å². The highest BCUT2D eigenvalue weighted by molar-refractivity contribution is 8.01. The van der Waals surface area contributed by atoms with Gasteiger partial charge < -0.3 is 15.3 Å². The summed E-state index contributed by atoms with van der Waals surface area (Å²) in [7, 11) is 0. The van der Waals surface area contributed by atoms with Gasteiger partial charge in [-0.3, -0.25) is 4.79 Å². The average Bonchev–Trinajstić information content (AvgIpc) is 2.34. The maximum absolute atomic E-state index is 11.6. The second-order valence-electron chi connectivity index (χ2n) is 6.22. The number of carbonyl (C=O) groups is 1. The molecule has 1 aliphatic heterocycles. The molecule has 1 heterocycles. The van der Waals surface area contributed by atoms with Crippen LogP contribution < -0.4 is 5.32 Å². The molecule has 0 bridgehead atoms. The molecule has 1 aliphatic rings. The Bertz CT molecular complexity index is 273. The quantitative estimate of drug-likeness (QED) is 0.777. The number of rotatable bonds is 6. The normalized spacial score (nSPS) is 19.2. The van der Waals surface area contributed by atoms with E-state index in [1.54, 1.807) is 11.8 Å². The highest BCUT2D eigenvalue weighted by Gasteiger charge is 2.16. The van der Waals surface area contributed by atoms with Gasteiger partial charge in [-0.2, -0.15) is 0 Å². The standard InChI is InChI=1S/C14H28N2O2S/c1-14(2,3)19-11-13(18)15-9-12(17)10-16-7-5-4-6-8-16/h12,17H,4-11H2,1-3H3,(H,15,18)/t12-/m0/s1. The molecule has 0 aromatic carbocycles. The molecule has 1 rings (SSSR count). The molecule has 1 fully saturated rings. The summed E-state index contributed by atoms with van der Waals surface area (Å²) in [6.45, 7) is 9.46. The number of nitrogens with zero attached hydrogens (tertiary/aromatic N) is 1. The van der Waals surface area contributed by atoms with Crippen molar-refractivity contribution in [3.8, 4) is 0 Å². The number of piperidine rings is 1. The number of nitrogens with one attached hydrogen (secondary N) is 1. The SMILES string of the molecule is CC(C)(C)SCC(=O)NC[C@H](O)CN1CCCCC1. The smallest absolute Gasteiger partial charge is 0.230 e. The molecule has 19 heavy (non-hydrogen) atoms. The first kappa shape index (κ1) is 16.8. The van der Waals surface area contributed by atoms with E-state index in [4.69, 9.17) is 0 Å². The Hall–Kier alpha value is -0.260. The summed E-state index contributed by atoms with van der Waals surface area (Å²) in [6, 6.07) is 0. The number of aliphatic hydroxyl groups is 1. The van der Waals surface area contributed by atoms with Crippen LogP contribution in [0.3, 0.4) is 0 Å². The highest BCUT2D eigenvalue weighted by Crippen LogP contribution is 2.22. The number of amides is 1. The maximum Gasteiger partial charge on any atom is 0.230 e. The van der Waals surface area contributed by atoms with E-state index in [0.29, 0.717) is 18.8 Å². The predicted octanol–water partition coefficient (Wildman–Crippen LogP) is 1.48. The lowest BCUT2D eigenvalue weighted by atomic mass is 10.1. The molecular formula is C14H28N2O2S. The van der Waals surface area contributed by atoms with Crippen LogP contribution in [0.4, 0.5) is 0 Å². The van der Waals surface area contributed by atoms with Crippen LogP contribution in [0.2, 0.25) is 0 Å². The molecule has 0 aromatic rings. The summed E-state index contributed by atoms with van der Waals surface area (Å²) in [5.74, 6) is 0.470. The van der Waals surface area contributed by atoms with E-state index in [-0.39, 0.29) is 10.7 Å². The zero-order valence-electron chi connectivity index (χ0n) is 12.4. The second-order valence-corrected chi connectivity index (χ2v) is 8.02. The third kappa shape index (κ3) is 8.50. The minimum atomic E-state index is -0.457. The van der Waals surface area contributed by atoms with Crippen LogP contribution in [0, 0.1) is 0 Å². The van der Waals surface area contributed by atoms with E-state index in [1.165, 1.54) is 19.3 Å².